The summed E-state index contributed by atoms with van der Waals surface area (Å²) in [6.07, 6.45) is 2.87. The average Bonchev–Trinajstić information content (AvgIpc) is 2.30. The second-order valence-electron chi connectivity index (χ2n) is 3.81. The minimum absolute atomic E-state index is 0.349. The van der Waals surface area contributed by atoms with E-state index in [-0.39, 0.29) is 0 Å². The molecule has 0 spiro atoms. The van der Waals surface area contributed by atoms with Crippen LogP contribution >= 0.6 is 12.2 Å². The van der Waals surface area contributed by atoms with Gasteiger partial charge in [-0.15, -0.1) is 0 Å². The Balaban J connectivity index is 3.01. The molecule has 0 saturated carbocycles. The normalized spacial score (nSPS) is 12.2. The summed E-state index contributed by atoms with van der Waals surface area (Å²) in [5.74, 6) is 0. The smallest absolute Gasteiger partial charge is 0.122 e. The summed E-state index contributed by atoms with van der Waals surface area (Å²) < 4.78 is 0. The monoisotopic (exact) mass is 237 g/mol. The van der Waals surface area contributed by atoms with Crippen LogP contribution in [0, 0.1) is 0 Å². The molecule has 0 aliphatic carbocycles. The quantitative estimate of drug-likeness (QED) is 0.798. The van der Waals surface area contributed by atoms with Gasteiger partial charge in [0.05, 0.1) is 5.69 Å². The van der Waals surface area contributed by atoms with Crippen LogP contribution in [0.3, 0.4) is 0 Å². The van der Waals surface area contributed by atoms with E-state index in [1.165, 1.54) is 0 Å². The molecule has 0 aliphatic rings. The maximum Gasteiger partial charge on any atom is 0.122 e. The van der Waals surface area contributed by atoms with Crippen molar-refractivity contribution in [1.29, 1.82) is 0 Å². The molecule has 0 amide bonds. The first-order chi connectivity index (χ1) is 7.60. The van der Waals surface area contributed by atoms with E-state index in [1.54, 1.807) is 6.20 Å². The Morgan fingerprint density at radius 1 is 1.56 bits per heavy atom. The van der Waals surface area contributed by atoms with Gasteiger partial charge in [0, 0.05) is 24.5 Å². The summed E-state index contributed by atoms with van der Waals surface area (Å²) in [4.78, 5) is 6.82. The van der Waals surface area contributed by atoms with Gasteiger partial charge in [-0.3, -0.25) is 4.98 Å². The summed E-state index contributed by atoms with van der Waals surface area (Å²) in [6.45, 7) is 7.51. The second kappa shape index (κ2) is 5.80. The molecule has 0 aliphatic heterocycles. The minimum Gasteiger partial charge on any atom is -0.388 e. The molecule has 16 heavy (non-hydrogen) atoms. The van der Waals surface area contributed by atoms with E-state index in [0.717, 1.165) is 18.7 Å². The van der Waals surface area contributed by atoms with Crippen molar-refractivity contribution in [3.8, 4) is 0 Å². The number of nitrogens with two attached hydrogens (primary N) is 1. The summed E-state index contributed by atoms with van der Waals surface area (Å²) in [5, 5.41) is 0. The Hall–Kier alpha value is -1.16. The number of rotatable bonds is 5. The molecule has 0 radical (unpaired) electrons. The summed E-state index contributed by atoms with van der Waals surface area (Å²) in [5.41, 5.74) is 7.41. The van der Waals surface area contributed by atoms with Gasteiger partial charge in [0.15, 0.2) is 0 Å². The summed E-state index contributed by atoms with van der Waals surface area (Å²) in [7, 11) is 0. The zero-order chi connectivity index (χ0) is 12.1. The van der Waals surface area contributed by atoms with E-state index in [0.29, 0.717) is 16.7 Å². The molecule has 1 atom stereocenters. The molecule has 0 bridgehead atoms. The Bertz CT molecular complexity index is 365. The van der Waals surface area contributed by atoms with Crippen LogP contribution in [0.25, 0.3) is 0 Å². The van der Waals surface area contributed by atoms with Gasteiger partial charge in [-0.2, -0.15) is 0 Å². The Morgan fingerprint density at radius 2 is 2.25 bits per heavy atom. The lowest BCUT2D eigenvalue weighted by molar-refractivity contribution is 0.629. The average molecular weight is 237 g/mol. The van der Waals surface area contributed by atoms with Gasteiger partial charge >= 0.3 is 0 Å². The fourth-order valence-electron chi connectivity index (χ4n) is 1.70. The van der Waals surface area contributed by atoms with Crippen LogP contribution in [-0.4, -0.2) is 22.6 Å². The number of anilines is 1. The van der Waals surface area contributed by atoms with Crippen molar-refractivity contribution in [2.24, 2.45) is 5.73 Å². The molecule has 1 aromatic heterocycles. The highest BCUT2D eigenvalue weighted by Gasteiger charge is 2.11. The number of pyridine rings is 1. The molecule has 1 aromatic rings. The number of aromatic nitrogens is 1. The van der Waals surface area contributed by atoms with Crippen molar-refractivity contribution in [3.63, 3.8) is 0 Å². The number of nitrogens with zero attached hydrogens (tertiary/aromatic N) is 2. The highest BCUT2D eigenvalue weighted by atomic mass is 32.1. The fourth-order valence-corrected chi connectivity index (χ4v) is 1.81. The van der Waals surface area contributed by atoms with E-state index in [2.05, 4.69) is 30.7 Å². The molecular weight excluding hydrogens is 218 g/mol. The minimum atomic E-state index is 0.349. The van der Waals surface area contributed by atoms with Crippen LogP contribution in [0.1, 0.15) is 32.9 Å². The van der Waals surface area contributed by atoms with Crippen molar-refractivity contribution < 1.29 is 0 Å². The van der Waals surface area contributed by atoms with Crippen molar-refractivity contribution in [1.82, 2.24) is 4.98 Å². The second-order valence-corrected chi connectivity index (χ2v) is 4.25. The molecular formula is C12H19N3S. The molecule has 3 nitrogen and oxygen atoms in total. The van der Waals surface area contributed by atoms with Gasteiger partial charge in [0.2, 0.25) is 0 Å². The predicted octanol–water partition coefficient (Wildman–Crippen LogP) is 2.34. The molecule has 88 valence electrons. The lowest BCUT2D eigenvalue weighted by atomic mass is 10.2. The van der Waals surface area contributed by atoms with Crippen molar-refractivity contribution in [3.05, 3.63) is 24.0 Å². The fraction of sp³-hybridized carbons (Fsp3) is 0.500. The Morgan fingerprint density at radius 3 is 2.75 bits per heavy atom. The molecule has 1 unspecified atom stereocenters. The van der Waals surface area contributed by atoms with Crippen LogP contribution in [0.5, 0.6) is 0 Å². The van der Waals surface area contributed by atoms with Crippen molar-refractivity contribution in [2.75, 3.05) is 11.4 Å². The number of thiocarbonyl (C=S) groups is 1. The Kier molecular flexibility index (Phi) is 4.68. The zero-order valence-electron chi connectivity index (χ0n) is 10.1. The van der Waals surface area contributed by atoms with Gasteiger partial charge < -0.3 is 10.6 Å². The van der Waals surface area contributed by atoms with E-state index in [1.807, 2.05) is 12.1 Å². The SMILES string of the molecule is CCC(C)N(CC)c1ccnc(C(N)=S)c1. The third-order valence-electron chi connectivity index (χ3n) is 2.79. The third-order valence-corrected chi connectivity index (χ3v) is 3.00. The van der Waals surface area contributed by atoms with Gasteiger partial charge in [0.1, 0.15) is 4.99 Å². The first kappa shape index (κ1) is 12.9. The predicted molar refractivity (Wildman–Crippen MR) is 72.9 cm³/mol. The molecule has 0 fully saturated rings. The molecule has 1 heterocycles. The van der Waals surface area contributed by atoms with Crippen molar-refractivity contribution in [2.45, 2.75) is 33.2 Å². The first-order valence-electron chi connectivity index (χ1n) is 5.62. The van der Waals surface area contributed by atoms with Gasteiger partial charge in [-0.1, -0.05) is 19.1 Å². The van der Waals surface area contributed by atoms with E-state index in [4.69, 9.17) is 18.0 Å². The first-order valence-corrected chi connectivity index (χ1v) is 6.03. The number of hydrogen-bond acceptors (Lipinski definition) is 3. The maximum absolute atomic E-state index is 5.58. The van der Waals surface area contributed by atoms with Gasteiger partial charge in [-0.25, -0.2) is 0 Å². The maximum atomic E-state index is 5.58. The van der Waals surface area contributed by atoms with Gasteiger partial charge in [-0.05, 0) is 32.4 Å². The zero-order valence-corrected chi connectivity index (χ0v) is 10.9. The number of hydrogen-bond donors (Lipinski definition) is 1. The van der Waals surface area contributed by atoms with Crippen LogP contribution < -0.4 is 10.6 Å². The highest BCUT2D eigenvalue weighted by molar-refractivity contribution is 7.80. The lowest BCUT2D eigenvalue weighted by Crippen LogP contribution is -2.32. The van der Waals surface area contributed by atoms with E-state index in [9.17, 15) is 0 Å². The van der Waals surface area contributed by atoms with Crippen molar-refractivity contribution >= 4 is 22.9 Å². The summed E-state index contributed by atoms with van der Waals surface area (Å²) >= 11 is 4.94. The van der Waals surface area contributed by atoms with E-state index < -0.39 is 0 Å². The molecule has 4 heteroatoms. The van der Waals surface area contributed by atoms with E-state index >= 15 is 0 Å². The van der Waals surface area contributed by atoms with Gasteiger partial charge in [0.25, 0.3) is 0 Å². The van der Waals surface area contributed by atoms with Crippen LogP contribution in [-0.2, 0) is 0 Å². The largest absolute Gasteiger partial charge is 0.388 e. The molecule has 1 rings (SSSR count). The highest BCUT2D eigenvalue weighted by Crippen LogP contribution is 2.18. The summed E-state index contributed by atoms with van der Waals surface area (Å²) in [6, 6.07) is 4.46. The van der Waals surface area contributed by atoms with Crippen LogP contribution in [0.2, 0.25) is 0 Å². The molecule has 0 saturated heterocycles. The van der Waals surface area contributed by atoms with Crippen LogP contribution in [0.4, 0.5) is 5.69 Å². The third kappa shape index (κ3) is 2.92. The lowest BCUT2D eigenvalue weighted by Gasteiger charge is -2.29. The van der Waals surface area contributed by atoms with Crippen LogP contribution in [0.15, 0.2) is 18.3 Å². The topological polar surface area (TPSA) is 42.2 Å². The molecule has 2 N–H and O–H groups in total. The molecule has 0 aromatic carbocycles. The Labute approximate surface area is 103 Å². The standard InChI is InChI=1S/C12H19N3S/c1-4-9(3)15(5-2)10-6-7-14-11(8-10)12(13)16/h6-9H,4-5H2,1-3H3,(H2,13,16).